The average molecular weight is 385 g/mol. The predicted octanol–water partition coefficient (Wildman–Crippen LogP) is 4.37. The smallest absolute Gasteiger partial charge is 0.279 e. The standard InChI is InChI=1S/C17H9BrN2O2S/c18-13-7-3-1-5-10(13)15(21)12(9-19)17-20-16(22)11-6-2-4-8-14(11)23-17/h1-8,21H/b15-12-. The maximum absolute atomic E-state index is 12.1. The summed E-state index contributed by atoms with van der Waals surface area (Å²) in [5.74, 6) is -0.210. The monoisotopic (exact) mass is 384 g/mol. The molecule has 0 amide bonds. The third kappa shape index (κ3) is 2.89. The van der Waals surface area contributed by atoms with Gasteiger partial charge in [0.25, 0.3) is 5.56 Å². The highest BCUT2D eigenvalue weighted by Gasteiger charge is 2.16. The van der Waals surface area contributed by atoms with Gasteiger partial charge in [-0.2, -0.15) is 10.2 Å². The Morgan fingerprint density at radius 2 is 1.87 bits per heavy atom. The van der Waals surface area contributed by atoms with Crippen LogP contribution in [-0.2, 0) is 0 Å². The number of nitriles is 1. The summed E-state index contributed by atoms with van der Waals surface area (Å²) in [5.41, 5.74) is 0.0328. The molecule has 0 fully saturated rings. The van der Waals surface area contributed by atoms with Gasteiger partial charge in [0.2, 0.25) is 0 Å². The fourth-order valence-corrected chi connectivity index (χ4v) is 3.57. The number of aliphatic hydroxyl groups is 1. The van der Waals surface area contributed by atoms with Crippen molar-refractivity contribution in [1.82, 2.24) is 4.98 Å². The van der Waals surface area contributed by atoms with Gasteiger partial charge in [0.1, 0.15) is 22.4 Å². The van der Waals surface area contributed by atoms with E-state index in [0.29, 0.717) is 15.4 Å². The summed E-state index contributed by atoms with van der Waals surface area (Å²) in [6.07, 6.45) is 0. The minimum Gasteiger partial charge on any atom is -0.506 e. The molecule has 1 heterocycles. The molecule has 3 aromatic rings. The first-order chi connectivity index (χ1) is 11.1. The second-order valence-electron chi connectivity index (χ2n) is 4.64. The van der Waals surface area contributed by atoms with Crippen molar-refractivity contribution >= 4 is 48.7 Å². The zero-order valence-electron chi connectivity index (χ0n) is 11.7. The molecule has 6 heteroatoms. The van der Waals surface area contributed by atoms with E-state index in [9.17, 15) is 15.2 Å². The fraction of sp³-hybridized carbons (Fsp3) is 0. The van der Waals surface area contributed by atoms with Crippen molar-refractivity contribution in [2.45, 2.75) is 0 Å². The Labute approximate surface area is 144 Å². The van der Waals surface area contributed by atoms with Gasteiger partial charge in [0.05, 0.1) is 5.39 Å². The fourth-order valence-electron chi connectivity index (χ4n) is 2.11. The Kier molecular flexibility index (Phi) is 4.24. The van der Waals surface area contributed by atoms with E-state index in [1.165, 1.54) is 11.3 Å². The number of benzene rings is 2. The summed E-state index contributed by atoms with van der Waals surface area (Å²) >= 11 is 4.53. The van der Waals surface area contributed by atoms with Gasteiger partial charge in [-0.25, -0.2) is 0 Å². The zero-order valence-corrected chi connectivity index (χ0v) is 14.1. The molecule has 0 saturated carbocycles. The van der Waals surface area contributed by atoms with Gasteiger partial charge in [0, 0.05) is 14.7 Å². The molecular formula is C17H9BrN2O2S. The van der Waals surface area contributed by atoms with Gasteiger partial charge in [-0.05, 0) is 18.2 Å². The molecule has 1 N–H and O–H groups in total. The van der Waals surface area contributed by atoms with E-state index in [1.54, 1.807) is 42.5 Å². The minimum absolute atomic E-state index is 0.0234. The number of fused-ring (bicyclic) bond motifs is 1. The minimum atomic E-state index is -0.415. The number of aliphatic hydroxyl groups excluding tert-OH is 1. The molecule has 0 spiro atoms. The highest BCUT2D eigenvalue weighted by atomic mass is 79.9. The number of allylic oxidation sites excluding steroid dienone is 1. The molecule has 23 heavy (non-hydrogen) atoms. The normalized spacial score (nSPS) is 11.8. The van der Waals surface area contributed by atoms with Crippen LogP contribution in [0.15, 0.2) is 57.8 Å². The Balaban J connectivity index is 2.27. The zero-order chi connectivity index (χ0) is 16.4. The lowest BCUT2D eigenvalue weighted by Crippen LogP contribution is -2.07. The van der Waals surface area contributed by atoms with Gasteiger partial charge in [-0.1, -0.05) is 46.3 Å². The van der Waals surface area contributed by atoms with Gasteiger partial charge in [-0.3, -0.25) is 4.79 Å². The first kappa shape index (κ1) is 15.4. The van der Waals surface area contributed by atoms with Crippen LogP contribution in [0.5, 0.6) is 0 Å². The third-order valence-electron chi connectivity index (χ3n) is 3.22. The van der Waals surface area contributed by atoms with Crippen molar-refractivity contribution in [2.75, 3.05) is 0 Å². The molecule has 1 aromatic heterocycles. The molecule has 0 bridgehead atoms. The van der Waals surface area contributed by atoms with E-state index in [4.69, 9.17) is 0 Å². The first-order valence-electron chi connectivity index (χ1n) is 6.60. The lowest BCUT2D eigenvalue weighted by molar-refractivity contribution is 0.513. The van der Waals surface area contributed by atoms with Crippen molar-refractivity contribution in [3.63, 3.8) is 0 Å². The van der Waals surface area contributed by atoms with Crippen LogP contribution in [-0.4, -0.2) is 10.1 Å². The second-order valence-corrected chi connectivity index (χ2v) is 6.52. The topological polar surface area (TPSA) is 74.0 Å². The van der Waals surface area contributed by atoms with Crippen LogP contribution in [0.3, 0.4) is 0 Å². The largest absolute Gasteiger partial charge is 0.506 e. The van der Waals surface area contributed by atoms with E-state index >= 15 is 0 Å². The first-order valence-corrected chi connectivity index (χ1v) is 8.21. The van der Waals surface area contributed by atoms with Crippen LogP contribution < -0.4 is 5.56 Å². The van der Waals surface area contributed by atoms with Crippen LogP contribution in [0, 0.1) is 11.3 Å². The lowest BCUT2D eigenvalue weighted by atomic mass is 10.1. The highest BCUT2D eigenvalue weighted by Crippen LogP contribution is 2.30. The molecule has 0 aliphatic carbocycles. The Morgan fingerprint density at radius 3 is 2.61 bits per heavy atom. The van der Waals surface area contributed by atoms with E-state index in [1.807, 2.05) is 12.1 Å². The van der Waals surface area contributed by atoms with Crippen molar-refractivity contribution in [2.24, 2.45) is 0 Å². The van der Waals surface area contributed by atoms with Crippen molar-refractivity contribution < 1.29 is 5.11 Å². The van der Waals surface area contributed by atoms with Gasteiger partial charge >= 0.3 is 0 Å². The molecule has 0 atom stereocenters. The van der Waals surface area contributed by atoms with Gasteiger partial charge in [-0.15, -0.1) is 11.3 Å². The predicted molar refractivity (Wildman–Crippen MR) is 95.1 cm³/mol. The molecule has 3 rings (SSSR count). The van der Waals surface area contributed by atoms with Gasteiger partial charge < -0.3 is 5.11 Å². The maximum Gasteiger partial charge on any atom is 0.279 e. The summed E-state index contributed by atoms with van der Waals surface area (Å²) in [6.45, 7) is 0. The summed E-state index contributed by atoms with van der Waals surface area (Å²) in [7, 11) is 0. The molecule has 112 valence electrons. The Morgan fingerprint density at radius 1 is 1.17 bits per heavy atom. The summed E-state index contributed by atoms with van der Waals surface area (Å²) in [4.78, 5) is 16.1. The van der Waals surface area contributed by atoms with Crippen molar-refractivity contribution in [3.8, 4) is 6.07 Å². The molecule has 2 aromatic carbocycles. The van der Waals surface area contributed by atoms with E-state index in [-0.39, 0.29) is 16.3 Å². The second kappa shape index (κ2) is 6.32. The van der Waals surface area contributed by atoms with Crippen LogP contribution >= 0.6 is 27.3 Å². The molecule has 0 saturated heterocycles. The van der Waals surface area contributed by atoms with Crippen LogP contribution in [0.4, 0.5) is 0 Å². The number of hydrogen-bond acceptors (Lipinski definition) is 5. The molecule has 0 radical (unpaired) electrons. The van der Waals surface area contributed by atoms with Crippen LogP contribution in [0.2, 0.25) is 0 Å². The maximum atomic E-state index is 12.1. The van der Waals surface area contributed by atoms with Crippen LogP contribution in [0.1, 0.15) is 10.6 Å². The summed E-state index contributed by atoms with van der Waals surface area (Å²) < 4.78 is 1.37. The Hall–Kier alpha value is -2.49. The van der Waals surface area contributed by atoms with Crippen molar-refractivity contribution in [1.29, 1.82) is 5.26 Å². The molecule has 0 unspecified atom stereocenters. The highest BCUT2D eigenvalue weighted by molar-refractivity contribution is 9.10. The lowest BCUT2D eigenvalue weighted by Gasteiger charge is -2.06. The molecule has 0 aliphatic rings. The van der Waals surface area contributed by atoms with E-state index < -0.39 is 5.56 Å². The number of nitrogens with zero attached hydrogens (tertiary/aromatic N) is 2. The quantitative estimate of drug-likeness (QED) is 0.525. The molecular weight excluding hydrogens is 376 g/mol. The van der Waals surface area contributed by atoms with E-state index in [0.717, 1.165) is 4.70 Å². The molecule has 0 aliphatic heterocycles. The van der Waals surface area contributed by atoms with Gasteiger partial charge in [0.15, 0.2) is 0 Å². The SMILES string of the molecule is N#C/C(=C(/O)c1ccccc1Br)c1nc(=O)c2ccccc2s1. The van der Waals surface area contributed by atoms with Crippen molar-refractivity contribution in [3.05, 3.63) is 73.9 Å². The number of rotatable bonds is 2. The number of hydrogen-bond donors (Lipinski definition) is 1. The summed E-state index contributed by atoms with van der Waals surface area (Å²) in [6, 6.07) is 16.0. The number of aromatic nitrogens is 1. The average Bonchev–Trinajstić information content (AvgIpc) is 2.56. The number of halogens is 1. The molecule has 4 nitrogen and oxygen atoms in total. The van der Waals surface area contributed by atoms with Crippen LogP contribution in [0.25, 0.3) is 21.4 Å². The van der Waals surface area contributed by atoms with E-state index in [2.05, 4.69) is 20.9 Å². The Bertz CT molecular complexity index is 1030. The summed E-state index contributed by atoms with van der Waals surface area (Å²) in [5, 5.41) is 20.6. The third-order valence-corrected chi connectivity index (χ3v) is 4.97.